The Morgan fingerprint density at radius 3 is 2.52 bits per heavy atom. The quantitative estimate of drug-likeness (QED) is 0.737. The summed E-state index contributed by atoms with van der Waals surface area (Å²) >= 11 is 0. The van der Waals surface area contributed by atoms with Crippen molar-refractivity contribution in [3.8, 4) is 0 Å². The molecule has 1 unspecified atom stereocenters. The number of hydrogen-bond acceptors (Lipinski definition) is 4. The molecule has 1 saturated carbocycles. The van der Waals surface area contributed by atoms with E-state index in [0.717, 1.165) is 12.8 Å². The molecule has 1 fully saturated rings. The van der Waals surface area contributed by atoms with Gasteiger partial charge in [0.1, 0.15) is 6.61 Å². The van der Waals surface area contributed by atoms with Crippen molar-refractivity contribution in [1.29, 1.82) is 0 Å². The van der Waals surface area contributed by atoms with Crippen LogP contribution in [0.25, 0.3) is 0 Å². The summed E-state index contributed by atoms with van der Waals surface area (Å²) in [6, 6.07) is 6.94. The molecule has 114 valence electrons. The second-order valence-electron chi connectivity index (χ2n) is 5.57. The minimum Gasteiger partial charge on any atom is -0.375 e. The third kappa shape index (κ3) is 4.03. The van der Waals surface area contributed by atoms with Crippen LogP contribution in [0.5, 0.6) is 0 Å². The molecular formula is C15H21N3O3. The van der Waals surface area contributed by atoms with Gasteiger partial charge in [0.15, 0.2) is 0 Å². The van der Waals surface area contributed by atoms with Gasteiger partial charge >= 0.3 is 0 Å². The van der Waals surface area contributed by atoms with Gasteiger partial charge in [-0.1, -0.05) is 6.07 Å². The molecule has 2 amide bonds. The maximum Gasteiger partial charge on any atom is 0.250 e. The average molecular weight is 291 g/mol. The van der Waals surface area contributed by atoms with E-state index in [1.165, 1.54) is 7.11 Å². The zero-order chi connectivity index (χ0) is 15.5. The minimum atomic E-state index is -0.852. The molecule has 0 radical (unpaired) electrons. The van der Waals surface area contributed by atoms with Crippen molar-refractivity contribution in [3.05, 3.63) is 24.3 Å². The van der Waals surface area contributed by atoms with E-state index >= 15 is 0 Å². The van der Waals surface area contributed by atoms with Gasteiger partial charge in [0.25, 0.3) is 0 Å². The van der Waals surface area contributed by atoms with Gasteiger partial charge in [0.2, 0.25) is 11.8 Å². The lowest BCUT2D eigenvalue weighted by molar-refractivity contribution is -0.121. The van der Waals surface area contributed by atoms with Gasteiger partial charge in [-0.15, -0.1) is 0 Å². The van der Waals surface area contributed by atoms with Crippen molar-refractivity contribution in [3.63, 3.8) is 0 Å². The van der Waals surface area contributed by atoms with E-state index in [0.29, 0.717) is 11.4 Å². The Morgan fingerprint density at radius 2 is 1.95 bits per heavy atom. The van der Waals surface area contributed by atoms with Gasteiger partial charge in [-0.25, -0.2) is 0 Å². The van der Waals surface area contributed by atoms with Crippen LogP contribution in [0.1, 0.15) is 19.8 Å². The Morgan fingerprint density at radius 1 is 1.33 bits per heavy atom. The van der Waals surface area contributed by atoms with Gasteiger partial charge in [-0.05, 0) is 43.9 Å². The fourth-order valence-corrected chi connectivity index (χ4v) is 2.14. The zero-order valence-electron chi connectivity index (χ0n) is 12.3. The van der Waals surface area contributed by atoms with Crippen LogP contribution in [0.2, 0.25) is 0 Å². The topological polar surface area (TPSA) is 93.5 Å². The molecule has 0 bridgehead atoms. The first kappa shape index (κ1) is 15.5. The molecular weight excluding hydrogens is 270 g/mol. The first-order chi connectivity index (χ1) is 9.93. The molecule has 1 aliphatic rings. The third-order valence-electron chi connectivity index (χ3n) is 3.59. The van der Waals surface area contributed by atoms with Crippen LogP contribution < -0.4 is 16.4 Å². The lowest BCUT2D eigenvalue weighted by atomic mass is 9.96. The largest absolute Gasteiger partial charge is 0.375 e. The summed E-state index contributed by atoms with van der Waals surface area (Å²) in [4.78, 5) is 23.7. The second kappa shape index (κ2) is 6.24. The van der Waals surface area contributed by atoms with Crippen molar-refractivity contribution in [2.75, 3.05) is 24.4 Å². The second-order valence-corrected chi connectivity index (χ2v) is 5.57. The Hall–Kier alpha value is -1.92. The highest BCUT2D eigenvalue weighted by Gasteiger charge is 2.44. The highest BCUT2D eigenvalue weighted by Crippen LogP contribution is 2.38. The molecule has 1 aromatic rings. The van der Waals surface area contributed by atoms with E-state index in [4.69, 9.17) is 10.5 Å². The van der Waals surface area contributed by atoms with Gasteiger partial charge in [-0.3, -0.25) is 9.59 Å². The number of carbonyl (C=O) groups is 2. The molecule has 0 aliphatic heterocycles. The molecule has 4 N–H and O–H groups in total. The Bertz CT molecular complexity index is 539. The molecule has 1 aromatic carbocycles. The van der Waals surface area contributed by atoms with E-state index in [1.54, 1.807) is 31.2 Å². The van der Waals surface area contributed by atoms with E-state index < -0.39 is 5.54 Å². The maximum atomic E-state index is 12.2. The van der Waals surface area contributed by atoms with Crippen molar-refractivity contribution in [1.82, 2.24) is 0 Å². The summed E-state index contributed by atoms with van der Waals surface area (Å²) < 4.78 is 4.75. The van der Waals surface area contributed by atoms with Crippen LogP contribution in [0.3, 0.4) is 0 Å². The number of ether oxygens (including phenoxy) is 1. The molecule has 0 saturated heterocycles. The monoisotopic (exact) mass is 291 g/mol. The first-order valence-corrected chi connectivity index (χ1v) is 6.92. The Balaban J connectivity index is 2.00. The average Bonchev–Trinajstić information content (AvgIpc) is 3.23. The van der Waals surface area contributed by atoms with Gasteiger partial charge in [-0.2, -0.15) is 0 Å². The molecule has 6 nitrogen and oxygen atoms in total. The predicted octanol–water partition coefficient (Wildman–Crippen LogP) is 1.34. The number of amides is 2. The summed E-state index contributed by atoms with van der Waals surface area (Å²) in [5.41, 5.74) is 6.42. The number of nitrogens with two attached hydrogens (primary N) is 1. The number of rotatable bonds is 6. The molecule has 0 spiro atoms. The van der Waals surface area contributed by atoms with Crippen LogP contribution >= 0.6 is 0 Å². The number of benzene rings is 1. The summed E-state index contributed by atoms with van der Waals surface area (Å²) in [6.07, 6.45) is 1.99. The predicted molar refractivity (Wildman–Crippen MR) is 80.9 cm³/mol. The molecule has 0 heterocycles. The summed E-state index contributed by atoms with van der Waals surface area (Å²) in [5, 5.41) is 5.49. The first-order valence-electron chi connectivity index (χ1n) is 6.92. The SMILES string of the molecule is COCC(=O)Nc1cccc(NC(=O)C(C)(N)C2CC2)c1. The molecule has 6 heteroatoms. The van der Waals surface area contributed by atoms with Gasteiger partial charge in [0, 0.05) is 18.5 Å². The normalized spacial score (nSPS) is 16.9. The fraction of sp³-hybridized carbons (Fsp3) is 0.467. The van der Waals surface area contributed by atoms with Crippen molar-refractivity contribution in [2.45, 2.75) is 25.3 Å². The number of anilines is 2. The smallest absolute Gasteiger partial charge is 0.250 e. The Labute approximate surface area is 124 Å². The Kier molecular flexibility index (Phi) is 4.59. The third-order valence-corrected chi connectivity index (χ3v) is 3.59. The number of hydrogen-bond donors (Lipinski definition) is 3. The highest BCUT2D eigenvalue weighted by molar-refractivity contribution is 5.99. The van der Waals surface area contributed by atoms with E-state index in [2.05, 4.69) is 10.6 Å². The van der Waals surface area contributed by atoms with Crippen LogP contribution in [0.15, 0.2) is 24.3 Å². The maximum absolute atomic E-state index is 12.2. The molecule has 1 atom stereocenters. The van der Waals surface area contributed by atoms with Crippen molar-refractivity contribution >= 4 is 23.2 Å². The molecule has 0 aromatic heterocycles. The van der Waals surface area contributed by atoms with Gasteiger partial charge < -0.3 is 21.1 Å². The van der Waals surface area contributed by atoms with Crippen LogP contribution in [0, 0.1) is 5.92 Å². The van der Waals surface area contributed by atoms with Crippen molar-refractivity contribution in [2.24, 2.45) is 11.7 Å². The van der Waals surface area contributed by atoms with E-state index in [-0.39, 0.29) is 24.3 Å². The van der Waals surface area contributed by atoms with E-state index in [1.807, 2.05) is 0 Å². The highest BCUT2D eigenvalue weighted by atomic mass is 16.5. The molecule has 21 heavy (non-hydrogen) atoms. The van der Waals surface area contributed by atoms with Crippen LogP contribution in [0.4, 0.5) is 11.4 Å². The summed E-state index contributed by atoms with van der Waals surface area (Å²) in [7, 11) is 1.45. The number of methoxy groups -OCH3 is 1. The molecule has 2 rings (SSSR count). The van der Waals surface area contributed by atoms with Crippen LogP contribution in [-0.4, -0.2) is 31.1 Å². The number of nitrogens with one attached hydrogen (secondary N) is 2. The minimum absolute atomic E-state index is 0.0147. The summed E-state index contributed by atoms with van der Waals surface area (Å²) in [6.45, 7) is 1.74. The van der Waals surface area contributed by atoms with Crippen molar-refractivity contribution < 1.29 is 14.3 Å². The fourth-order valence-electron chi connectivity index (χ4n) is 2.14. The van der Waals surface area contributed by atoms with E-state index in [9.17, 15) is 9.59 Å². The summed E-state index contributed by atoms with van der Waals surface area (Å²) in [5.74, 6) is -0.199. The molecule has 1 aliphatic carbocycles. The lowest BCUT2D eigenvalue weighted by Gasteiger charge is -2.23. The van der Waals surface area contributed by atoms with Gasteiger partial charge in [0.05, 0.1) is 5.54 Å². The number of carbonyl (C=O) groups excluding carboxylic acids is 2. The lowest BCUT2D eigenvalue weighted by Crippen LogP contribution is -2.50. The standard InChI is InChI=1S/C15H21N3O3/c1-15(16,10-6-7-10)14(20)18-12-5-3-4-11(8-12)17-13(19)9-21-2/h3-5,8,10H,6-7,9,16H2,1-2H3,(H,17,19)(H,18,20). The van der Waals surface area contributed by atoms with Crippen LogP contribution in [-0.2, 0) is 14.3 Å². The zero-order valence-corrected chi connectivity index (χ0v) is 12.3.